The number of ether oxygens (including phenoxy) is 3. The first kappa shape index (κ1) is 43.0. The lowest BCUT2D eigenvalue weighted by Crippen LogP contribution is -2.51. The zero-order chi connectivity index (χ0) is 41.5. The lowest BCUT2D eigenvalue weighted by atomic mass is 9.95. The highest BCUT2D eigenvalue weighted by atomic mass is 16.6. The van der Waals surface area contributed by atoms with Crippen LogP contribution in [0.2, 0.25) is 0 Å². The Bertz CT molecular complexity index is 2020. The monoisotopic (exact) mass is 790 g/mol. The lowest BCUT2D eigenvalue weighted by molar-refractivity contribution is -0.134. The van der Waals surface area contributed by atoms with E-state index in [1.807, 2.05) is 91.9 Å². The summed E-state index contributed by atoms with van der Waals surface area (Å²) >= 11 is 0. The smallest absolute Gasteiger partial charge is 0.408 e. The van der Waals surface area contributed by atoms with Crippen LogP contribution in [0, 0.1) is 0 Å². The van der Waals surface area contributed by atoms with Crippen molar-refractivity contribution in [2.75, 3.05) is 26.2 Å². The maximum atomic E-state index is 14.5. The number of nitrogens with zero attached hydrogens (tertiary/aromatic N) is 1. The van der Waals surface area contributed by atoms with E-state index in [1.165, 1.54) is 5.56 Å². The van der Waals surface area contributed by atoms with Crippen molar-refractivity contribution in [1.82, 2.24) is 20.9 Å². The van der Waals surface area contributed by atoms with Crippen molar-refractivity contribution in [3.63, 3.8) is 0 Å². The number of hydrogen-bond donors (Lipinski definition) is 3. The van der Waals surface area contributed by atoms with Crippen molar-refractivity contribution in [3.8, 4) is 11.1 Å². The van der Waals surface area contributed by atoms with Crippen molar-refractivity contribution < 1.29 is 38.2 Å². The largest absolute Gasteiger partial charge is 0.445 e. The molecule has 12 nitrogen and oxygen atoms in total. The Labute approximate surface area is 340 Å². The van der Waals surface area contributed by atoms with Crippen molar-refractivity contribution >= 4 is 30.0 Å². The third-order valence-electron chi connectivity index (χ3n) is 9.82. The van der Waals surface area contributed by atoms with Crippen molar-refractivity contribution in [2.24, 2.45) is 0 Å². The number of Topliss-reactive ketones (excluding diaryl/α,β-unsaturated/α-hetero) is 1. The first-order valence-corrected chi connectivity index (χ1v) is 19.8. The highest BCUT2D eigenvalue weighted by molar-refractivity contribution is 5.87. The Balaban J connectivity index is 1.28. The molecule has 0 saturated heterocycles. The molecule has 2 unspecified atom stereocenters. The fourth-order valence-electron chi connectivity index (χ4n) is 6.84. The van der Waals surface area contributed by atoms with Crippen LogP contribution in [0.5, 0.6) is 0 Å². The fraction of sp³-hybridized carbons (Fsp3) is 0.370. The van der Waals surface area contributed by atoms with Crippen LogP contribution in [0.1, 0.15) is 80.7 Å². The maximum Gasteiger partial charge on any atom is 0.408 e. The van der Waals surface area contributed by atoms with Crippen LogP contribution in [0.25, 0.3) is 11.1 Å². The summed E-state index contributed by atoms with van der Waals surface area (Å²) in [6, 6.07) is 31.9. The Hall–Kier alpha value is -6.17. The number of fused-ring (bicyclic) bond motifs is 3. The molecule has 58 heavy (non-hydrogen) atoms. The third kappa shape index (κ3) is 12.9. The second kappa shape index (κ2) is 20.8. The van der Waals surface area contributed by atoms with Gasteiger partial charge in [-0.2, -0.15) is 0 Å². The summed E-state index contributed by atoms with van der Waals surface area (Å²) in [7, 11) is 0. The van der Waals surface area contributed by atoms with Crippen LogP contribution in [0.3, 0.4) is 0 Å². The average Bonchev–Trinajstić information content (AvgIpc) is 3.60. The molecule has 1 aliphatic rings. The lowest BCUT2D eigenvalue weighted by Gasteiger charge is -2.31. The number of benzene rings is 4. The predicted molar refractivity (Wildman–Crippen MR) is 221 cm³/mol. The molecule has 4 amide bonds. The summed E-state index contributed by atoms with van der Waals surface area (Å²) in [5.41, 5.74) is 6.52. The van der Waals surface area contributed by atoms with Gasteiger partial charge in [-0.3, -0.25) is 9.59 Å². The SMILES string of the molecule is CCC(CN(CCC(=O)CNC(=O)OCc1ccccc1)C(=O)C(CCNC(=O)OC(C)(C)C)NC(=O)OCc1cccc2c1Cc1ccccc1-2)c1ccccc1. The van der Waals surface area contributed by atoms with Gasteiger partial charge in [-0.25, -0.2) is 14.4 Å². The molecule has 0 aliphatic heterocycles. The minimum Gasteiger partial charge on any atom is -0.445 e. The Morgan fingerprint density at radius 3 is 2.14 bits per heavy atom. The topological polar surface area (TPSA) is 152 Å². The van der Waals surface area contributed by atoms with Gasteiger partial charge in [0, 0.05) is 32.0 Å². The number of carbonyl (C=O) groups excluding carboxylic acids is 5. The molecule has 0 saturated carbocycles. The third-order valence-corrected chi connectivity index (χ3v) is 9.82. The zero-order valence-electron chi connectivity index (χ0n) is 33.8. The number of rotatable bonds is 18. The quantitative estimate of drug-likeness (QED) is 0.0765. The van der Waals surface area contributed by atoms with Gasteiger partial charge in [0.05, 0.1) is 6.54 Å². The van der Waals surface area contributed by atoms with Gasteiger partial charge in [0.25, 0.3) is 0 Å². The second-order valence-corrected chi connectivity index (χ2v) is 15.3. The summed E-state index contributed by atoms with van der Waals surface area (Å²) in [6.07, 6.45) is -0.814. The van der Waals surface area contributed by atoms with Gasteiger partial charge < -0.3 is 35.1 Å². The van der Waals surface area contributed by atoms with E-state index >= 15 is 0 Å². The van der Waals surface area contributed by atoms with Gasteiger partial charge in [-0.05, 0) is 79.0 Å². The van der Waals surface area contributed by atoms with Crippen molar-refractivity contribution in [1.29, 1.82) is 0 Å². The standard InChI is InChI=1S/C46H54N4O8/c1-5-33(34-17-10-7-11-18-34)29-50(26-24-37(51)28-48-43(53)56-30-32-15-8-6-9-16-32)42(52)41(23-25-47-44(54)58-46(2,3)4)49-45(55)57-31-36-20-14-22-39-38-21-13-12-19-35(38)27-40(36)39/h6-22,33,41H,5,23-31H2,1-4H3,(H,47,54)(H,48,53)(H,49,55). The van der Waals surface area contributed by atoms with E-state index in [1.54, 1.807) is 25.7 Å². The molecule has 0 heterocycles. The summed E-state index contributed by atoms with van der Waals surface area (Å²) < 4.78 is 16.4. The van der Waals surface area contributed by atoms with Gasteiger partial charge in [0.2, 0.25) is 5.91 Å². The van der Waals surface area contributed by atoms with Gasteiger partial charge in [0.1, 0.15) is 24.9 Å². The number of hydrogen-bond acceptors (Lipinski definition) is 8. The molecule has 12 heteroatoms. The van der Waals surface area contributed by atoms with E-state index < -0.39 is 35.8 Å². The second-order valence-electron chi connectivity index (χ2n) is 15.3. The first-order chi connectivity index (χ1) is 27.9. The predicted octanol–water partition coefficient (Wildman–Crippen LogP) is 7.68. The molecule has 0 bridgehead atoms. The van der Waals surface area contributed by atoms with E-state index in [9.17, 15) is 24.0 Å². The molecule has 0 radical (unpaired) electrons. The van der Waals surface area contributed by atoms with E-state index in [4.69, 9.17) is 14.2 Å². The fourth-order valence-corrected chi connectivity index (χ4v) is 6.84. The molecule has 0 aromatic heterocycles. The molecule has 0 fully saturated rings. The van der Waals surface area contributed by atoms with Crippen molar-refractivity contribution in [3.05, 3.63) is 131 Å². The van der Waals surface area contributed by atoms with Gasteiger partial charge >= 0.3 is 18.3 Å². The maximum absolute atomic E-state index is 14.5. The van der Waals surface area contributed by atoms with E-state index in [0.717, 1.165) is 39.8 Å². The minimum atomic E-state index is -1.12. The van der Waals surface area contributed by atoms with Crippen molar-refractivity contribution in [2.45, 2.75) is 84.2 Å². The molecular formula is C46H54N4O8. The summed E-state index contributed by atoms with van der Waals surface area (Å²) in [4.78, 5) is 67.5. The highest BCUT2D eigenvalue weighted by Crippen LogP contribution is 2.38. The summed E-state index contributed by atoms with van der Waals surface area (Å²) in [5, 5.41) is 7.93. The number of carbonyl (C=O) groups is 5. The number of ketones is 1. The molecule has 4 aromatic rings. The molecule has 4 aromatic carbocycles. The Morgan fingerprint density at radius 2 is 1.41 bits per heavy atom. The van der Waals surface area contributed by atoms with Gasteiger partial charge in [-0.15, -0.1) is 0 Å². The molecule has 1 aliphatic carbocycles. The van der Waals surface area contributed by atoms with E-state index in [2.05, 4.69) is 34.1 Å². The van der Waals surface area contributed by atoms with E-state index in [-0.39, 0.29) is 63.9 Å². The minimum absolute atomic E-state index is 0.00767. The molecule has 306 valence electrons. The molecule has 5 rings (SSSR count). The van der Waals surface area contributed by atoms with Crippen LogP contribution in [0.4, 0.5) is 14.4 Å². The molecule has 0 spiro atoms. The number of amides is 4. The van der Waals surface area contributed by atoms with Crippen LogP contribution in [0.15, 0.2) is 103 Å². The Kier molecular flexibility index (Phi) is 15.4. The van der Waals surface area contributed by atoms with Gasteiger partial charge in [0.15, 0.2) is 5.78 Å². The summed E-state index contributed by atoms with van der Waals surface area (Å²) in [5.74, 6) is -0.838. The summed E-state index contributed by atoms with van der Waals surface area (Å²) in [6.45, 7) is 7.30. The van der Waals surface area contributed by atoms with Crippen LogP contribution < -0.4 is 16.0 Å². The average molecular weight is 791 g/mol. The normalized spacial score (nSPS) is 12.6. The molecule has 2 atom stereocenters. The van der Waals surface area contributed by atoms with E-state index in [0.29, 0.717) is 6.42 Å². The molecule has 3 N–H and O–H groups in total. The molecular weight excluding hydrogens is 737 g/mol. The van der Waals surface area contributed by atoms with Crippen LogP contribution in [-0.2, 0) is 43.4 Å². The van der Waals surface area contributed by atoms with Crippen LogP contribution in [-0.4, -0.2) is 72.7 Å². The highest BCUT2D eigenvalue weighted by Gasteiger charge is 2.30. The number of alkyl carbamates (subject to hydrolysis) is 3. The number of nitrogens with one attached hydrogen (secondary N) is 3. The van der Waals surface area contributed by atoms with Crippen LogP contribution >= 0.6 is 0 Å². The zero-order valence-corrected chi connectivity index (χ0v) is 33.8. The Morgan fingerprint density at radius 1 is 0.741 bits per heavy atom. The first-order valence-electron chi connectivity index (χ1n) is 19.8. The van der Waals surface area contributed by atoms with Gasteiger partial charge in [-0.1, -0.05) is 110 Å².